The molecule has 0 saturated carbocycles. The maximum Gasteiger partial charge on any atom is 0.322 e. The topological polar surface area (TPSA) is 74.7 Å². The van der Waals surface area contributed by atoms with Crippen LogP contribution in [-0.2, 0) is 14.8 Å². The Morgan fingerprint density at radius 3 is 2.85 bits per heavy atom. The van der Waals surface area contributed by atoms with Crippen molar-refractivity contribution in [3.05, 3.63) is 28.8 Å². The molecule has 5 nitrogen and oxygen atoms in total. The highest BCUT2D eigenvalue weighted by molar-refractivity contribution is 7.99. The van der Waals surface area contributed by atoms with Crippen LogP contribution in [0.25, 0.3) is 0 Å². The van der Waals surface area contributed by atoms with E-state index in [2.05, 4.69) is 0 Å². The Morgan fingerprint density at radius 1 is 1.50 bits per heavy atom. The lowest BCUT2D eigenvalue weighted by molar-refractivity contribution is -0.140. The van der Waals surface area contributed by atoms with Crippen molar-refractivity contribution in [3.8, 4) is 0 Å². The first-order chi connectivity index (χ1) is 9.35. The molecule has 20 heavy (non-hydrogen) atoms. The number of sulfonamides is 1. The van der Waals surface area contributed by atoms with Crippen molar-refractivity contribution in [1.82, 2.24) is 4.31 Å². The fourth-order valence-electron chi connectivity index (χ4n) is 2.06. The van der Waals surface area contributed by atoms with Gasteiger partial charge in [-0.05, 0) is 24.6 Å². The molecule has 8 heteroatoms. The Labute approximate surface area is 127 Å². The number of aliphatic carboxylic acids is 1. The zero-order valence-electron chi connectivity index (χ0n) is 10.7. The normalized spacial score (nSPS) is 20.8. The van der Waals surface area contributed by atoms with E-state index in [4.69, 9.17) is 11.6 Å². The third kappa shape index (κ3) is 2.81. The second kappa shape index (κ2) is 5.93. The number of hydrogen-bond acceptors (Lipinski definition) is 4. The smallest absolute Gasteiger partial charge is 0.322 e. The molecule has 1 unspecified atom stereocenters. The van der Waals surface area contributed by atoms with E-state index < -0.39 is 22.0 Å². The highest BCUT2D eigenvalue weighted by Crippen LogP contribution is 2.29. The SMILES string of the molecule is Cc1c(Cl)cccc1S(=O)(=O)N1CCSCC1C(=O)O. The lowest BCUT2D eigenvalue weighted by Gasteiger charge is -2.32. The number of carboxylic acids is 1. The van der Waals surface area contributed by atoms with Gasteiger partial charge in [-0.2, -0.15) is 16.1 Å². The molecule has 2 rings (SSSR count). The van der Waals surface area contributed by atoms with Crippen molar-refractivity contribution in [2.45, 2.75) is 17.9 Å². The second-order valence-electron chi connectivity index (χ2n) is 4.41. The summed E-state index contributed by atoms with van der Waals surface area (Å²) in [6.45, 7) is 1.81. The summed E-state index contributed by atoms with van der Waals surface area (Å²) in [6.07, 6.45) is 0. The zero-order chi connectivity index (χ0) is 14.9. The van der Waals surface area contributed by atoms with Gasteiger partial charge < -0.3 is 5.11 Å². The van der Waals surface area contributed by atoms with Crippen LogP contribution in [0.3, 0.4) is 0 Å². The maximum atomic E-state index is 12.7. The van der Waals surface area contributed by atoms with Gasteiger partial charge in [-0.3, -0.25) is 4.79 Å². The first-order valence-corrected chi connectivity index (χ1v) is 8.90. The summed E-state index contributed by atoms with van der Waals surface area (Å²) in [6, 6.07) is 3.59. The first-order valence-electron chi connectivity index (χ1n) is 5.93. The monoisotopic (exact) mass is 335 g/mol. The van der Waals surface area contributed by atoms with Crippen molar-refractivity contribution in [1.29, 1.82) is 0 Å². The molecule has 1 fully saturated rings. The molecule has 0 aliphatic carbocycles. The van der Waals surface area contributed by atoms with Crippen LogP contribution in [0.15, 0.2) is 23.1 Å². The number of hydrogen-bond donors (Lipinski definition) is 1. The predicted octanol–water partition coefficient (Wildman–Crippen LogP) is 1.84. The van der Waals surface area contributed by atoms with Crippen molar-refractivity contribution in [2.24, 2.45) is 0 Å². The second-order valence-corrected chi connectivity index (χ2v) is 7.82. The summed E-state index contributed by atoms with van der Waals surface area (Å²) < 4.78 is 26.4. The van der Waals surface area contributed by atoms with E-state index in [0.717, 1.165) is 4.31 Å². The quantitative estimate of drug-likeness (QED) is 0.912. The van der Waals surface area contributed by atoms with E-state index in [1.54, 1.807) is 19.1 Å². The van der Waals surface area contributed by atoms with Crippen LogP contribution in [-0.4, -0.2) is 47.9 Å². The molecule has 1 aliphatic rings. The van der Waals surface area contributed by atoms with Gasteiger partial charge in [0.05, 0.1) is 4.90 Å². The van der Waals surface area contributed by atoms with Gasteiger partial charge in [0.2, 0.25) is 10.0 Å². The van der Waals surface area contributed by atoms with Gasteiger partial charge in [0, 0.05) is 23.1 Å². The summed E-state index contributed by atoms with van der Waals surface area (Å²) in [5, 5.41) is 9.55. The lowest BCUT2D eigenvalue weighted by atomic mass is 10.2. The van der Waals surface area contributed by atoms with Gasteiger partial charge in [-0.25, -0.2) is 8.42 Å². The van der Waals surface area contributed by atoms with Crippen molar-refractivity contribution >= 4 is 39.4 Å². The largest absolute Gasteiger partial charge is 0.480 e. The van der Waals surface area contributed by atoms with E-state index in [1.165, 1.54) is 17.8 Å². The molecule has 0 amide bonds. The Bertz CT molecular complexity index is 632. The molecule has 1 aromatic carbocycles. The standard InChI is InChI=1S/C12H14ClNO4S2/c1-8-9(13)3-2-4-11(8)20(17,18)14-5-6-19-7-10(14)12(15)16/h2-4,10H,5-7H2,1H3,(H,15,16). The third-order valence-corrected chi connectivity index (χ3v) is 6.65. The van der Waals surface area contributed by atoms with E-state index >= 15 is 0 Å². The Morgan fingerprint density at radius 2 is 2.20 bits per heavy atom. The molecule has 1 aromatic rings. The van der Waals surface area contributed by atoms with Crippen molar-refractivity contribution in [2.75, 3.05) is 18.1 Å². The first kappa shape index (κ1) is 15.6. The molecule has 1 N–H and O–H groups in total. The van der Waals surface area contributed by atoms with Crippen LogP contribution >= 0.6 is 23.4 Å². The molecule has 1 heterocycles. The molecule has 0 bridgehead atoms. The molecule has 0 radical (unpaired) electrons. The van der Waals surface area contributed by atoms with Gasteiger partial charge in [0.25, 0.3) is 0 Å². The number of halogens is 1. The zero-order valence-corrected chi connectivity index (χ0v) is 13.1. The van der Waals surface area contributed by atoms with Crippen molar-refractivity contribution < 1.29 is 18.3 Å². The highest BCUT2D eigenvalue weighted by Gasteiger charge is 2.38. The Hall–Kier alpha value is -0.760. The van der Waals surface area contributed by atoms with E-state index in [-0.39, 0.29) is 17.2 Å². The molecule has 1 aliphatic heterocycles. The fraction of sp³-hybridized carbons (Fsp3) is 0.417. The minimum Gasteiger partial charge on any atom is -0.480 e. The third-order valence-electron chi connectivity index (χ3n) is 3.17. The van der Waals surface area contributed by atoms with Gasteiger partial charge in [0.1, 0.15) is 6.04 Å². The van der Waals surface area contributed by atoms with Gasteiger partial charge in [0.15, 0.2) is 0 Å². The maximum absolute atomic E-state index is 12.7. The molecular formula is C12H14ClNO4S2. The Kier molecular flexibility index (Phi) is 4.63. The average molecular weight is 336 g/mol. The molecule has 1 atom stereocenters. The molecule has 0 spiro atoms. The molecular weight excluding hydrogens is 322 g/mol. The predicted molar refractivity (Wildman–Crippen MR) is 78.8 cm³/mol. The molecule has 0 aromatic heterocycles. The van der Waals surface area contributed by atoms with Gasteiger partial charge in [-0.1, -0.05) is 17.7 Å². The van der Waals surface area contributed by atoms with Crippen molar-refractivity contribution in [3.63, 3.8) is 0 Å². The summed E-state index contributed by atoms with van der Waals surface area (Å²) in [5.41, 5.74) is 0.441. The van der Waals surface area contributed by atoms with Gasteiger partial charge >= 0.3 is 5.97 Å². The Balaban J connectivity index is 2.48. The van der Waals surface area contributed by atoms with Crippen LogP contribution in [0.1, 0.15) is 5.56 Å². The number of benzene rings is 1. The van der Waals surface area contributed by atoms with Crippen LogP contribution < -0.4 is 0 Å². The fourth-order valence-corrected chi connectivity index (χ4v) is 5.37. The summed E-state index contributed by atoms with van der Waals surface area (Å²) in [5.74, 6) is -0.281. The van der Waals surface area contributed by atoms with E-state index in [0.29, 0.717) is 16.3 Å². The van der Waals surface area contributed by atoms with E-state index in [1.807, 2.05) is 0 Å². The molecule has 110 valence electrons. The average Bonchev–Trinajstić information content (AvgIpc) is 2.41. The number of thioether (sulfide) groups is 1. The minimum atomic E-state index is -3.85. The van der Waals surface area contributed by atoms with Crippen LogP contribution in [0, 0.1) is 6.92 Å². The number of rotatable bonds is 3. The molecule has 1 saturated heterocycles. The highest BCUT2D eigenvalue weighted by atomic mass is 35.5. The van der Waals surface area contributed by atoms with Crippen LogP contribution in [0.2, 0.25) is 5.02 Å². The van der Waals surface area contributed by atoms with E-state index in [9.17, 15) is 18.3 Å². The number of carbonyl (C=O) groups is 1. The lowest BCUT2D eigenvalue weighted by Crippen LogP contribution is -2.50. The summed E-state index contributed by atoms with van der Waals surface area (Å²) in [4.78, 5) is 11.3. The summed E-state index contributed by atoms with van der Waals surface area (Å²) >= 11 is 7.40. The number of nitrogens with zero attached hydrogens (tertiary/aromatic N) is 1. The van der Waals surface area contributed by atoms with Crippen LogP contribution in [0.5, 0.6) is 0 Å². The summed E-state index contributed by atoms with van der Waals surface area (Å²) in [7, 11) is -3.85. The number of carboxylic acid groups (broad SMARTS) is 1. The van der Waals surface area contributed by atoms with Crippen LogP contribution in [0.4, 0.5) is 0 Å². The minimum absolute atomic E-state index is 0.0724. The van der Waals surface area contributed by atoms with Gasteiger partial charge in [-0.15, -0.1) is 0 Å².